The summed E-state index contributed by atoms with van der Waals surface area (Å²) in [4.78, 5) is 25.8. The number of nitrogens with one attached hydrogen (secondary N) is 2. The van der Waals surface area contributed by atoms with Gasteiger partial charge in [0.25, 0.3) is 5.91 Å². The number of carbonyl (C=O) groups excluding carboxylic acids is 1. The summed E-state index contributed by atoms with van der Waals surface area (Å²) in [5, 5.41) is 2.80. The van der Waals surface area contributed by atoms with Crippen molar-refractivity contribution in [3.63, 3.8) is 0 Å². The lowest BCUT2D eigenvalue weighted by Gasteiger charge is -2.05. The Hall–Kier alpha value is -1.23. The molecule has 4 nitrogen and oxygen atoms in total. The summed E-state index contributed by atoms with van der Waals surface area (Å²) in [5.41, 5.74) is 0.995. The van der Waals surface area contributed by atoms with Crippen LogP contribution >= 0.6 is 11.8 Å². The first-order chi connectivity index (χ1) is 8.17. The van der Waals surface area contributed by atoms with Crippen LogP contribution < -0.4 is 10.9 Å². The molecule has 1 amide bonds. The van der Waals surface area contributed by atoms with Crippen molar-refractivity contribution >= 4 is 17.7 Å². The molecule has 0 saturated heterocycles. The molecule has 1 aromatic heterocycles. The molecule has 0 spiro atoms. The van der Waals surface area contributed by atoms with E-state index in [9.17, 15) is 9.59 Å². The summed E-state index contributed by atoms with van der Waals surface area (Å²) in [6.07, 6.45) is 0.710. The Balaban J connectivity index is 2.62. The van der Waals surface area contributed by atoms with Crippen LogP contribution in [0.4, 0.5) is 0 Å². The Kier molecular flexibility index (Phi) is 5.83. The van der Waals surface area contributed by atoms with E-state index < -0.39 is 0 Å². The fourth-order valence-corrected chi connectivity index (χ4v) is 1.94. The maximum atomic E-state index is 11.8. The fraction of sp³-hybridized carbons (Fsp3) is 0.500. The molecule has 0 atom stereocenters. The van der Waals surface area contributed by atoms with Crippen molar-refractivity contribution in [1.82, 2.24) is 10.3 Å². The first kappa shape index (κ1) is 13.8. The quantitative estimate of drug-likeness (QED) is 0.755. The van der Waals surface area contributed by atoms with E-state index in [0.717, 1.165) is 17.2 Å². The third-order valence-electron chi connectivity index (χ3n) is 2.28. The number of hydrogen-bond donors (Lipinski definition) is 2. The van der Waals surface area contributed by atoms with Crippen LogP contribution in [0.3, 0.4) is 0 Å². The van der Waals surface area contributed by atoms with Crippen LogP contribution in [0.5, 0.6) is 0 Å². The average molecular weight is 254 g/mol. The van der Waals surface area contributed by atoms with Gasteiger partial charge in [0.05, 0.1) is 0 Å². The molecule has 1 rings (SSSR count). The highest BCUT2D eigenvalue weighted by molar-refractivity contribution is 7.99. The minimum absolute atomic E-state index is 0.178. The fourth-order valence-electron chi connectivity index (χ4n) is 1.41. The number of aryl methyl sites for hydroxylation is 1. The zero-order valence-electron chi connectivity index (χ0n) is 10.2. The van der Waals surface area contributed by atoms with Crippen molar-refractivity contribution in [1.29, 1.82) is 0 Å². The summed E-state index contributed by atoms with van der Waals surface area (Å²) >= 11 is 1.77. The topological polar surface area (TPSA) is 62.0 Å². The van der Waals surface area contributed by atoms with E-state index in [1.807, 2.05) is 6.92 Å². The Morgan fingerprint density at radius 2 is 2.18 bits per heavy atom. The second-order valence-corrected chi connectivity index (χ2v) is 4.96. The van der Waals surface area contributed by atoms with Gasteiger partial charge < -0.3 is 10.3 Å². The van der Waals surface area contributed by atoms with E-state index in [-0.39, 0.29) is 11.5 Å². The molecule has 0 aromatic carbocycles. The van der Waals surface area contributed by atoms with Gasteiger partial charge in [-0.2, -0.15) is 11.8 Å². The van der Waals surface area contributed by atoms with Gasteiger partial charge in [-0.05, 0) is 18.2 Å². The van der Waals surface area contributed by atoms with Gasteiger partial charge in [-0.3, -0.25) is 9.59 Å². The summed E-state index contributed by atoms with van der Waals surface area (Å²) in [5.74, 6) is 1.76. The van der Waals surface area contributed by atoms with Crippen molar-refractivity contribution in [2.75, 3.05) is 18.1 Å². The highest BCUT2D eigenvalue weighted by atomic mass is 32.2. The summed E-state index contributed by atoms with van der Waals surface area (Å²) in [7, 11) is 0. The molecule has 0 aliphatic rings. The lowest BCUT2D eigenvalue weighted by molar-refractivity contribution is 0.0956. The van der Waals surface area contributed by atoms with E-state index in [1.165, 1.54) is 6.07 Å². The van der Waals surface area contributed by atoms with Crippen LogP contribution in [0.25, 0.3) is 0 Å². The van der Waals surface area contributed by atoms with Gasteiger partial charge in [-0.25, -0.2) is 0 Å². The maximum absolute atomic E-state index is 11.8. The molecule has 0 aliphatic carbocycles. The first-order valence-electron chi connectivity index (χ1n) is 5.76. The Morgan fingerprint density at radius 1 is 1.41 bits per heavy atom. The Labute approximate surface area is 105 Å². The minimum Gasteiger partial charge on any atom is -0.351 e. The lowest BCUT2D eigenvalue weighted by atomic mass is 10.2. The number of hydrogen-bond acceptors (Lipinski definition) is 3. The van der Waals surface area contributed by atoms with Crippen molar-refractivity contribution in [2.24, 2.45) is 0 Å². The van der Waals surface area contributed by atoms with Crippen molar-refractivity contribution in [3.05, 3.63) is 33.7 Å². The predicted octanol–water partition coefficient (Wildman–Crippen LogP) is 1.42. The van der Waals surface area contributed by atoms with Crippen LogP contribution in [0, 0.1) is 0 Å². The van der Waals surface area contributed by atoms with E-state index in [2.05, 4.69) is 17.2 Å². The molecule has 0 aliphatic heterocycles. The molecule has 1 heterocycles. The molecule has 1 aromatic rings. The van der Waals surface area contributed by atoms with Crippen LogP contribution in [0.15, 0.2) is 16.9 Å². The zero-order chi connectivity index (χ0) is 12.7. The third-order valence-corrected chi connectivity index (χ3v) is 3.18. The highest BCUT2D eigenvalue weighted by Crippen LogP contribution is 2.00. The number of rotatable bonds is 6. The molecule has 0 unspecified atom stereocenters. The number of H-pyrrole nitrogens is 1. The first-order valence-corrected chi connectivity index (χ1v) is 6.92. The third kappa shape index (κ3) is 4.65. The molecular formula is C12H18N2O2S. The van der Waals surface area contributed by atoms with Gasteiger partial charge in [0, 0.05) is 29.6 Å². The monoisotopic (exact) mass is 254 g/mol. The number of thioether (sulfide) groups is 1. The highest BCUT2D eigenvalue weighted by Gasteiger charge is 2.06. The molecule has 0 fully saturated rings. The van der Waals surface area contributed by atoms with Gasteiger partial charge in [0.1, 0.15) is 0 Å². The minimum atomic E-state index is -0.225. The van der Waals surface area contributed by atoms with Gasteiger partial charge in [-0.15, -0.1) is 0 Å². The van der Waals surface area contributed by atoms with Crippen molar-refractivity contribution in [2.45, 2.75) is 20.3 Å². The van der Waals surface area contributed by atoms with Gasteiger partial charge >= 0.3 is 0 Å². The summed E-state index contributed by atoms with van der Waals surface area (Å²) in [6.45, 7) is 4.65. The van der Waals surface area contributed by atoms with Crippen molar-refractivity contribution < 1.29 is 4.79 Å². The van der Waals surface area contributed by atoms with Crippen LogP contribution in [-0.4, -0.2) is 28.9 Å². The second-order valence-electron chi connectivity index (χ2n) is 3.56. The zero-order valence-corrected chi connectivity index (χ0v) is 11.0. The van der Waals surface area contributed by atoms with E-state index in [0.29, 0.717) is 18.5 Å². The molecule has 17 heavy (non-hydrogen) atoms. The Bertz CT molecular complexity index is 429. The molecule has 0 saturated carbocycles. The second kappa shape index (κ2) is 7.17. The molecular weight excluding hydrogens is 236 g/mol. The summed E-state index contributed by atoms with van der Waals surface area (Å²) in [6, 6.07) is 3.06. The number of aromatic amines is 1. The predicted molar refractivity (Wildman–Crippen MR) is 71.8 cm³/mol. The van der Waals surface area contributed by atoms with Crippen molar-refractivity contribution in [3.8, 4) is 0 Å². The van der Waals surface area contributed by atoms with E-state index >= 15 is 0 Å². The normalized spacial score (nSPS) is 10.2. The lowest BCUT2D eigenvalue weighted by Crippen LogP contribution is -2.27. The van der Waals surface area contributed by atoms with E-state index in [1.54, 1.807) is 17.8 Å². The number of amides is 1. The number of aromatic nitrogens is 1. The molecule has 0 bridgehead atoms. The standard InChI is InChI=1S/C12H18N2O2S/c1-3-10-7-9(8-11(15)14-10)12(16)13-5-6-17-4-2/h7-8H,3-6H2,1-2H3,(H,13,16)(H,14,15). The average Bonchev–Trinajstić information content (AvgIpc) is 2.33. The van der Waals surface area contributed by atoms with Crippen LogP contribution in [0.1, 0.15) is 29.9 Å². The summed E-state index contributed by atoms with van der Waals surface area (Å²) < 4.78 is 0. The van der Waals surface area contributed by atoms with Crippen LogP contribution in [0.2, 0.25) is 0 Å². The smallest absolute Gasteiger partial charge is 0.251 e. The largest absolute Gasteiger partial charge is 0.351 e. The maximum Gasteiger partial charge on any atom is 0.251 e. The number of carbonyl (C=O) groups is 1. The number of pyridine rings is 1. The van der Waals surface area contributed by atoms with Gasteiger partial charge in [0.15, 0.2) is 0 Å². The molecule has 2 N–H and O–H groups in total. The SMILES string of the molecule is CCSCCNC(=O)c1cc(CC)[nH]c(=O)c1. The molecule has 0 radical (unpaired) electrons. The van der Waals surface area contributed by atoms with Gasteiger partial charge in [0.2, 0.25) is 5.56 Å². The molecule has 94 valence electrons. The van der Waals surface area contributed by atoms with E-state index in [4.69, 9.17) is 0 Å². The molecule has 5 heteroatoms. The van der Waals surface area contributed by atoms with Gasteiger partial charge in [-0.1, -0.05) is 13.8 Å². The van der Waals surface area contributed by atoms with Crippen LogP contribution in [-0.2, 0) is 6.42 Å². The Morgan fingerprint density at radius 3 is 2.82 bits per heavy atom.